The van der Waals surface area contributed by atoms with Crippen LogP contribution in [0.5, 0.6) is 0 Å². The summed E-state index contributed by atoms with van der Waals surface area (Å²) in [5.41, 5.74) is 6.41. The van der Waals surface area contributed by atoms with Crippen LogP contribution in [0, 0.1) is 0 Å². The predicted molar refractivity (Wildman–Crippen MR) is 67.4 cm³/mol. The summed E-state index contributed by atoms with van der Waals surface area (Å²) < 4.78 is 2.21. The van der Waals surface area contributed by atoms with Gasteiger partial charge in [0.25, 0.3) is 0 Å². The summed E-state index contributed by atoms with van der Waals surface area (Å²) >= 11 is 14.8. The minimum atomic E-state index is -0.293. The molecule has 0 spiro atoms. The summed E-state index contributed by atoms with van der Waals surface area (Å²) in [5, 5.41) is 4.40. The van der Waals surface area contributed by atoms with Crippen molar-refractivity contribution in [3.63, 3.8) is 0 Å². The average Bonchev–Trinajstić information content (AvgIpc) is 2.53. The summed E-state index contributed by atoms with van der Waals surface area (Å²) in [6.45, 7) is 0. The van der Waals surface area contributed by atoms with Gasteiger partial charge < -0.3 is 5.73 Å². The number of nitrogens with zero attached hydrogens (tertiary/aromatic N) is 2. The highest BCUT2D eigenvalue weighted by Gasteiger charge is 2.19. The molecule has 16 heavy (non-hydrogen) atoms. The first-order valence-corrected chi connectivity index (χ1v) is 5.97. The van der Waals surface area contributed by atoms with Crippen LogP contribution >= 0.6 is 39.1 Å². The van der Waals surface area contributed by atoms with Crippen molar-refractivity contribution in [2.24, 2.45) is 0 Å². The van der Waals surface area contributed by atoms with Crippen LogP contribution in [0.25, 0.3) is 5.52 Å². The molecule has 0 unspecified atom stereocenters. The van der Waals surface area contributed by atoms with Crippen molar-refractivity contribution in [3.05, 3.63) is 27.3 Å². The molecule has 0 aromatic carbocycles. The molecule has 0 aliphatic heterocycles. The van der Waals surface area contributed by atoms with E-state index in [0.29, 0.717) is 10.5 Å². The predicted octanol–water partition coefficient (Wildman–Crippen LogP) is 2.75. The average molecular weight is 323 g/mol. The Morgan fingerprint density at radius 3 is 2.94 bits per heavy atom. The summed E-state index contributed by atoms with van der Waals surface area (Å²) in [5.74, 6) is -0.318. The molecule has 2 aromatic heterocycles. The zero-order valence-electron chi connectivity index (χ0n) is 7.88. The van der Waals surface area contributed by atoms with Crippen LogP contribution in [0.1, 0.15) is 10.4 Å². The van der Waals surface area contributed by atoms with E-state index in [1.807, 2.05) is 0 Å². The number of nitrogen functional groups attached to an aromatic ring is 1. The van der Waals surface area contributed by atoms with Crippen LogP contribution in [-0.2, 0) is 0 Å². The highest BCUT2D eigenvalue weighted by molar-refractivity contribution is 9.10. The van der Waals surface area contributed by atoms with Gasteiger partial charge >= 0.3 is 0 Å². The van der Waals surface area contributed by atoms with Gasteiger partial charge in [-0.3, -0.25) is 4.79 Å². The second-order valence-electron chi connectivity index (χ2n) is 3.12. The highest BCUT2D eigenvalue weighted by atomic mass is 79.9. The van der Waals surface area contributed by atoms with Gasteiger partial charge in [0.2, 0.25) is 0 Å². The molecule has 0 amide bonds. The molecule has 0 fully saturated rings. The number of Topliss-reactive ketones (excluding diaryl/α,β-unsaturated/α-hetero) is 1. The van der Waals surface area contributed by atoms with E-state index in [4.69, 9.17) is 28.9 Å². The van der Waals surface area contributed by atoms with Crippen molar-refractivity contribution in [3.8, 4) is 0 Å². The number of nitrogens with two attached hydrogens (primary N) is 1. The summed E-state index contributed by atoms with van der Waals surface area (Å²) in [6, 6.07) is 1.67. The Labute approximate surface area is 109 Å². The molecule has 0 bridgehead atoms. The molecule has 2 N–H and O–H groups in total. The SMILES string of the molecule is Nc1nn2cc(Br)cc(Cl)c2c1C(=O)CCl. The van der Waals surface area contributed by atoms with E-state index in [1.165, 1.54) is 4.52 Å². The van der Waals surface area contributed by atoms with E-state index in [2.05, 4.69) is 21.0 Å². The molecule has 2 rings (SSSR count). The number of carbonyl (C=O) groups excluding carboxylic acids is 1. The fraction of sp³-hybridized carbons (Fsp3) is 0.111. The maximum Gasteiger partial charge on any atom is 0.183 e. The lowest BCUT2D eigenvalue weighted by Crippen LogP contribution is -2.03. The lowest BCUT2D eigenvalue weighted by molar-refractivity contribution is 0.102. The normalized spacial score (nSPS) is 10.9. The van der Waals surface area contributed by atoms with Crippen molar-refractivity contribution >= 4 is 56.2 Å². The summed E-state index contributed by atoms with van der Waals surface area (Å²) in [6.07, 6.45) is 1.67. The third-order valence-electron chi connectivity index (χ3n) is 2.07. The summed E-state index contributed by atoms with van der Waals surface area (Å²) in [4.78, 5) is 11.6. The second kappa shape index (κ2) is 4.24. The first-order valence-electron chi connectivity index (χ1n) is 4.26. The Balaban J connectivity index is 2.84. The Kier molecular flexibility index (Phi) is 3.10. The van der Waals surface area contributed by atoms with Crippen molar-refractivity contribution in [1.82, 2.24) is 9.61 Å². The van der Waals surface area contributed by atoms with E-state index in [0.717, 1.165) is 4.47 Å². The third kappa shape index (κ3) is 1.79. The molecule has 0 aliphatic carbocycles. The Hall–Kier alpha value is -0.780. The number of ketones is 1. The Morgan fingerprint density at radius 2 is 2.31 bits per heavy atom. The van der Waals surface area contributed by atoms with Gasteiger partial charge in [-0.2, -0.15) is 0 Å². The maximum atomic E-state index is 11.6. The molecule has 4 nitrogen and oxygen atoms in total. The summed E-state index contributed by atoms with van der Waals surface area (Å²) in [7, 11) is 0. The molecule has 0 saturated heterocycles. The number of fused-ring (bicyclic) bond motifs is 1. The van der Waals surface area contributed by atoms with E-state index < -0.39 is 0 Å². The fourth-order valence-electron chi connectivity index (χ4n) is 1.46. The van der Waals surface area contributed by atoms with Crippen LogP contribution < -0.4 is 5.73 Å². The number of anilines is 1. The zero-order valence-corrected chi connectivity index (χ0v) is 11.0. The van der Waals surface area contributed by atoms with E-state index in [-0.39, 0.29) is 23.0 Å². The monoisotopic (exact) mass is 321 g/mol. The van der Waals surface area contributed by atoms with E-state index in [1.54, 1.807) is 12.3 Å². The molecule has 7 heteroatoms. The van der Waals surface area contributed by atoms with Gasteiger partial charge in [-0.25, -0.2) is 4.52 Å². The van der Waals surface area contributed by atoms with Gasteiger partial charge in [-0.05, 0) is 22.0 Å². The topological polar surface area (TPSA) is 60.4 Å². The Bertz CT molecular complexity index is 582. The molecular weight excluding hydrogens is 317 g/mol. The minimum Gasteiger partial charge on any atom is -0.382 e. The standard InChI is InChI=1S/C9H6BrCl2N3O/c10-4-1-5(12)8-7(6(16)2-11)9(13)14-15(8)3-4/h1,3H,2H2,(H2,13,14). The lowest BCUT2D eigenvalue weighted by Gasteiger charge is -2.00. The number of carbonyl (C=O) groups is 1. The second-order valence-corrected chi connectivity index (χ2v) is 4.71. The van der Waals surface area contributed by atoms with Crippen molar-refractivity contribution in [2.75, 3.05) is 11.6 Å². The number of halogens is 3. The number of alkyl halides is 1. The smallest absolute Gasteiger partial charge is 0.183 e. The minimum absolute atomic E-state index is 0.130. The molecule has 2 heterocycles. The van der Waals surface area contributed by atoms with Gasteiger partial charge in [0, 0.05) is 10.7 Å². The zero-order chi connectivity index (χ0) is 11.9. The quantitative estimate of drug-likeness (QED) is 0.683. The molecule has 0 aliphatic rings. The number of hydrogen-bond donors (Lipinski definition) is 1. The highest BCUT2D eigenvalue weighted by Crippen LogP contribution is 2.28. The van der Waals surface area contributed by atoms with Gasteiger partial charge in [-0.1, -0.05) is 11.6 Å². The van der Waals surface area contributed by atoms with Crippen LogP contribution in [0.15, 0.2) is 16.7 Å². The van der Waals surface area contributed by atoms with Crippen LogP contribution in [0.4, 0.5) is 5.82 Å². The van der Waals surface area contributed by atoms with Crippen LogP contribution in [-0.4, -0.2) is 21.3 Å². The number of hydrogen-bond acceptors (Lipinski definition) is 3. The van der Waals surface area contributed by atoms with Crippen molar-refractivity contribution < 1.29 is 4.79 Å². The fourth-order valence-corrected chi connectivity index (χ4v) is 2.45. The van der Waals surface area contributed by atoms with Gasteiger partial charge in [0.1, 0.15) is 0 Å². The van der Waals surface area contributed by atoms with Crippen LogP contribution in [0.2, 0.25) is 5.02 Å². The van der Waals surface area contributed by atoms with Crippen molar-refractivity contribution in [2.45, 2.75) is 0 Å². The first kappa shape index (κ1) is 11.7. The van der Waals surface area contributed by atoms with Gasteiger partial charge in [0.15, 0.2) is 11.6 Å². The maximum absolute atomic E-state index is 11.6. The van der Waals surface area contributed by atoms with Crippen LogP contribution in [0.3, 0.4) is 0 Å². The number of aromatic nitrogens is 2. The molecular formula is C9H6BrCl2N3O. The third-order valence-corrected chi connectivity index (χ3v) is 3.04. The molecule has 0 radical (unpaired) electrons. The lowest BCUT2D eigenvalue weighted by atomic mass is 10.2. The largest absolute Gasteiger partial charge is 0.382 e. The van der Waals surface area contributed by atoms with Gasteiger partial charge in [-0.15, -0.1) is 16.7 Å². The number of pyridine rings is 1. The molecule has 84 valence electrons. The van der Waals surface area contributed by atoms with E-state index >= 15 is 0 Å². The van der Waals surface area contributed by atoms with Gasteiger partial charge in [0.05, 0.1) is 22.0 Å². The molecule has 0 saturated carbocycles. The van der Waals surface area contributed by atoms with Crippen molar-refractivity contribution in [1.29, 1.82) is 0 Å². The first-order chi connectivity index (χ1) is 7.54. The molecule has 0 atom stereocenters. The number of rotatable bonds is 2. The molecule has 2 aromatic rings. The van der Waals surface area contributed by atoms with E-state index in [9.17, 15) is 4.79 Å². The Morgan fingerprint density at radius 1 is 1.62 bits per heavy atom.